The van der Waals surface area contributed by atoms with Crippen molar-refractivity contribution in [3.05, 3.63) is 6.07 Å². The molecule has 0 saturated heterocycles. The predicted molar refractivity (Wildman–Crippen MR) is 64.0 cm³/mol. The molecule has 1 aromatic heterocycles. The highest BCUT2D eigenvalue weighted by Crippen LogP contribution is 2.36. The SMILES string of the molecule is NS(=O)(=O)c1cc2c(s1)S(=O)(=O)CC(=S)N2. The van der Waals surface area contributed by atoms with Crippen LogP contribution in [-0.2, 0) is 19.9 Å². The lowest BCUT2D eigenvalue weighted by Crippen LogP contribution is -2.26. The molecule has 6 nitrogen and oxygen atoms in total. The molecular weight excluding hydrogens is 292 g/mol. The van der Waals surface area contributed by atoms with Gasteiger partial charge in [-0.2, -0.15) is 0 Å². The molecule has 88 valence electrons. The molecule has 2 heterocycles. The Morgan fingerprint density at radius 1 is 1.50 bits per heavy atom. The zero-order valence-corrected chi connectivity index (χ0v) is 10.9. The number of rotatable bonds is 1. The summed E-state index contributed by atoms with van der Waals surface area (Å²) in [6.45, 7) is 0. The molecule has 0 amide bonds. The Labute approximate surface area is 101 Å². The highest BCUT2D eigenvalue weighted by molar-refractivity contribution is 7.97. The van der Waals surface area contributed by atoms with E-state index in [0.29, 0.717) is 11.3 Å². The van der Waals surface area contributed by atoms with Crippen LogP contribution in [0.5, 0.6) is 0 Å². The lowest BCUT2D eigenvalue weighted by Gasteiger charge is -2.14. The van der Waals surface area contributed by atoms with Gasteiger partial charge in [-0.1, -0.05) is 12.2 Å². The Bertz CT molecular complexity index is 669. The maximum absolute atomic E-state index is 11.7. The molecule has 0 aliphatic carbocycles. The van der Waals surface area contributed by atoms with Gasteiger partial charge in [-0.3, -0.25) is 0 Å². The number of sulfonamides is 1. The number of nitrogens with one attached hydrogen (secondary N) is 1. The fraction of sp³-hybridized carbons (Fsp3) is 0.167. The third-order valence-corrected chi connectivity index (χ3v) is 7.08. The topological polar surface area (TPSA) is 106 Å². The molecule has 0 spiro atoms. The monoisotopic (exact) mass is 298 g/mol. The Kier molecular flexibility index (Phi) is 2.58. The van der Waals surface area contributed by atoms with E-state index in [1.165, 1.54) is 6.07 Å². The smallest absolute Gasteiger partial charge is 0.247 e. The van der Waals surface area contributed by atoms with Gasteiger partial charge in [0.15, 0.2) is 9.84 Å². The second-order valence-electron chi connectivity index (χ2n) is 3.12. The van der Waals surface area contributed by atoms with Crippen molar-refractivity contribution in [1.29, 1.82) is 0 Å². The molecule has 0 radical (unpaired) electrons. The van der Waals surface area contributed by atoms with Crippen LogP contribution in [0.3, 0.4) is 0 Å². The van der Waals surface area contributed by atoms with Gasteiger partial charge in [0.05, 0.1) is 10.7 Å². The van der Waals surface area contributed by atoms with Crippen LogP contribution in [0.25, 0.3) is 0 Å². The summed E-state index contributed by atoms with van der Waals surface area (Å²) in [5.41, 5.74) is 0.185. The van der Waals surface area contributed by atoms with Gasteiger partial charge in [-0.25, -0.2) is 22.0 Å². The second-order valence-corrected chi connectivity index (χ2v) is 8.64. The number of primary sulfonamides is 1. The van der Waals surface area contributed by atoms with E-state index in [1.54, 1.807) is 0 Å². The average Bonchev–Trinajstić information content (AvgIpc) is 2.45. The largest absolute Gasteiger partial charge is 0.347 e. The van der Waals surface area contributed by atoms with Crippen molar-refractivity contribution in [2.45, 2.75) is 8.42 Å². The number of hydrogen-bond acceptors (Lipinski definition) is 6. The number of sulfone groups is 1. The molecule has 1 aromatic rings. The van der Waals surface area contributed by atoms with E-state index >= 15 is 0 Å². The van der Waals surface area contributed by atoms with E-state index in [1.807, 2.05) is 0 Å². The number of hydrogen-bond donors (Lipinski definition) is 2. The summed E-state index contributed by atoms with van der Waals surface area (Å²) in [4.78, 5) is 0.145. The Hall–Kier alpha value is -0.550. The summed E-state index contributed by atoms with van der Waals surface area (Å²) in [5.74, 6) is -0.306. The van der Waals surface area contributed by atoms with E-state index in [9.17, 15) is 16.8 Å². The minimum atomic E-state index is -3.89. The number of thiophene rings is 1. The lowest BCUT2D eigenvalue weighted by atomic mass is 10.5. The first-order chi connectivity index (χ1) is 7.20. The first-order valence-corrected chi connectivity index (χ1v) is 8.32. The molecule has 0 bridgehead atoms. The number of thiocarbonyl (C=S) groups is 1. The first kappa shape index (κ1) is 11.9. The molecule has 10 heteroatoms. The molecule has 16 heavy (non-hydrogen) atoms. The molecule has 2 rings (SSSR count). The third-order valence-electron chi connectivity index (χ3n) is 1.83. The van der Waals surface area contributed by atoms with Crippen LogP contribution < -0.4 is 10.5 Å². The van der Waals surface area contributed by atoms with Crippen LogP contribution in [0.1, 0.15) is 0 Å². The van der Waals surface area contributed by atoms with Crippen molar-refractivity contribution < 1.29 is 16.8 Å². The molecule has 0 fully saturated rings. The Morgan fingerprint density at radius 3 is 2.69 bits per heavy atom. The highest BCUT2D eigenvalue weighted by Gasteiger charge is 2.31. The van der Waals surface area contributed by atoms with Crippen LogP contribution >= 0.6 is 23.6 Å². The van der Waals surface area contributed by atoms with Crippen LogP contribution in [0.15, 0.2) is 14.5 Å². The summed E-state index contributed by atoms with van der Waals surface area (Å²) >= 11 is 5.40. The van der Waals surface area contributed by atoms with Crippen molar-refractivity contribution in [2.24, 2.45) is 5.14 Å². The molecular formula is C6H6N2O4S4. The fourth-order valence-corrected chi connectivity index (χ4v) is 5.49. The van der Waals surface area contributed by atoms with Crippen molar-refractivity contribution in [3.63, 3.8) is 0 Å². The van der Waals surface area contributed by atoms with Gasteiger partial charge in [0.1, 0.15) is 14.2 Å². The van der Waals surface area contributed by atoms with Gasteiger partial charge in [0.25, 0.3) is 0 Å². The van der Waals surface area contributed by atoms with Crippen LogP contribution in [0.2, 0.25) is 0 Å². The maximum Gasteiger partial charge on any atom is 0.247 e. The van der Waals surface area contributed by atoms with E-state index in [4.69, 9.17) is 17.4 Å². The predicted octanol–water partition coefficient (Wildman–Crippen LogP) is -0.0779. The Morgan fingerprint density at radius 2 is 2.12 bits per heavy atom. The van der Waals surface area contributed by atoms with Crippen molar-refractivity contribution in [1.82, 2.24) is 0 Å². The summed E-state index contributed by atoms with van der Waals surface area (Å²) in [5, 5.41) is 7.57. The second kappa shape index (κ2) is 3.47. The molecule has 0 atom stereocenters. The standard InChI is InChI=1S/C6H6N2O4S4/c7-16(11,12)5-1-3-6(14-5)15(9,10)2-4(13)8-3/h1H,2H2,(H,8,13)(H2,7,11,12). The lowest BCUT2D eigenvalue weighted by molar-refractivity contribution is 0.599. The molecule has 0 aromatic carbocycles. The van der Waals surface area contributed by atoms with E-state index in [0.717, 1.165) is 0 Å². The van der Waals surface area contributed by atoms with Gasteiger partial charge in [-0.15, -0.1) is 11.3 Å². The summed E-state index contributed by atoms with van der Waals surface area (Å²) in [6, 6.07) is 1.18. The van der Waals surface area contributed by atoms with Crippen molar-refractivity contribution in [2.75, 3.05) is 11.1 Å². The zero-order valence-electron chi connectivity index (χ0n) is 7.63. The highest BCUT2D eigenvalue weighted by atomic mass is 32.3. The average molecular weight is 298 g/mol. The van der Waals surface area contributed by atoms with Gasteiger partial charge < -0.3 is 5.32 Å². The van der Waals surface area contributed by atoms with Crippen LogP contribution in [-0.4, -0.2) is 27.6 Å². The van der Waals surface area contributed by atoms with Crippen molar-refractivity contribution in [3.8, 4) is 0 Å². The van der Waals surface area contributed by atoms with Crippen LogP contribution in [0.4, 0.5) is 5.69 Å². The molecule has 0 unspecified atom stereocenters. The van der Waals surface area contributed by atoms with Crippen molar-refractivity contribution >= 4 is 54.1 Å². The number of anilines is 1. The van der Waals surface area contributed by atoms with Gasteiger partial charge >= 0.3 is 0 Å². The summed E-state index contributed by atoms with van der Waals surface area (Å²) < 4.78 is 45.3. The third kappa shape index (κ3) is 1.98. The number of fused-ring (bicyclic) bond motifs is 1. The van der Waals surface area contributed by atoms with Gasteiger partial charge in [0.2, 0.25) is 10.0 Å². The zero-order chi connectivity index (χ0) is 12.1. The molecule has 0 saturated carbocycles. The number of nitrogens with two attached hydrogens (primary N) is 1. The van der Waals surface area contributed by atoms with Crippen LogP contribution in [0, 0.1) is 0 Å². The summed E-state index contributed by atoms with van der Waals surface area (Å²) in [6.07, 6.45) is 0. The van der Waals surface area contributed by atoms with E-state index in [2.05, 4.69) is 5.32 Å². The normalized spacial score (nSPS) is 18.9. The van der Waals surface area contributed by atoms with E-state index in [-0.39, 0.29) is 24.8 Å². The minimum Gasteiger partial charge on any atom is -0.347 e. The van der Waals surface area contributed by atoms with Gasteiger partial charge in [0, 0.05) is 0 Å². The Balaban J connectivity index is 2.70. The van der Waals surface area contributed by atoms with Gasteiger partial charge in [-0.05, 0) is 6.07 Å². The summed E-state index contributed by atoms with van der Waals surface area (Å²) in [7, 11) is -7.43. The van der Waals surface area contributed by atoms with E-state index < -0.39 is 19.9 Å². The maximum atomic E-state index is 11.7. The fourth-order valence-electron chi connectivity index (χ4n) is 1.24. The molecule has 3 N–H and O–H groups in total. The molecule has 1 aliphatic rings. The minimum absolute atomic E-state index is 0.0369. The quantitative estimate of drug-likeness (QED) is 0.703. The molecule has 1 aliphatic heterocycles. The first-order valence-electron chi connectivity index (χ1n) is 3.89.